The van der Waals surface area contributed by atoms with E-state index in [9.17, 15) is 10.4 Å². The summed E-state index contributed by atoms with van der Waals surface area (Å²) in [5, 5.41) is 8.67. The van der Waals surface area contributed by atoms with Crippen LogP contribution in [0.4, 0.5) is 0 Å². The standard InChI is InChI=1S/C4H8N2.CH3.3O.Re/c1-6(2)4-3-5;;;;;/h4H2,1-2H3;1H3;;;;. The third kappa shape index (κ3) is 85.1. The topological polar surface area (TPSA) is 78.2 Å². The van der Waals surface area contributed by atoms with Crippen molar-refractivity contribution in [2.45, 2.75) is 5.40 Å². The van der Waals surface area contributed by atoms with Crippen molar-refractivity contribution < 1.29 is 25.8 Å². The Morgan fingerprint density at radius 2 is 1.64 bits per heavy atom. The van der Waals surface area contributed by atoms with Gasteiger partial charge in [0, 0.05) is 0 Å². The normalized spacial score (nSPS) is 9.73. The molecule has 0 amide bonds. The molecule has 0 bridgehead atoms. The van der Waals surface area contributed by atoms with Gasteiger partial charge in [-0.1, -0.05) is 0 Å². The fourth-order valence-electron chi connectivity index (χ4n) is 0.141. The van der Waals surface area contributed by atoms with E-state index >= 15 is 0 Å². The molecule has 0 radical (unpaired) electrons. The van der Waals surface area contributed by atoms with Crippen LogP contribution in [-0.4, -0.2) is 25.5 Å². The summed E-state index contributed by atoms with van der Waals surface area (Å²) in [5.41, 5.74) is 0. The molecule has 0 aliphatic carbocycles. The summed E-state index contributed by atoms with van der Waals surface area (Å²) in [5.74, 6) is 0. The minimum absolute atomic E-state index is 0.514. The van der Waals surface area contributed by atoms with Gasteiger partial charge in [0.2, 0.25) is 0 Å². The quantitative estimate of drug-likeness (QED) is 0.645. The van der Waals surface area contributed by atoms with Crippen molar-refractivity contribution in [1.29, 1.82) is 5.26 Å². The Labute approximate surface area is 68.5 Å². The zero-order valence-electron chi connectivity index (χ0n) is 6.70. The molecule has 0 unspecified atom stereocenters. The van der Waals surface area contributed by atoms with Crippen molar-refractivity contribution in [3.8, 4) is 6.07 Å². The third-order valence-corrected chi connectivity index (χ3v) is 0.387. The second-order valence-electron chi connectivity index (χ2n) is 2.05. The summed E-state index contributed by atoms with van der Waals surface area (Å²) in [4.78, 5) is 1.82. The van der Waals surface area contributed by atoms with Crippen LogP contribution in [0.2, 0.25) is 5.40 Å². The molecule has 6 heteroatoms. The molecule has 0 aliphatic rings. The molecular weight excluding hydrogens is 322 g/mol. The second kappa shape index (κ2) is 6.24. The molecule has 0 rings (SSSR count). The van der Waals surface area contributed by atoms with E-state index in [0.29, 0.717) is 6.54 Å². The molecule has 11 heavy (non-hydrogen) atoms. The maximum absolute atomic E-state index is 9.19. The van der Waals surface area contributed by atoms with E-state index in [4.69, 9.17) is 5.26 Å². The van der Waals surface area contributed by atoms with Crippen molar-refractivity contribution >= 4 is 0 Å². The van der Waals surface area contributed by atoms with Gasteiger partial charge in [-0.15, -0.1) is 0 Å². The van der Waals surface area contributed by atoms with Gasteiger partial charge in [-0.3, -0.25) is 4.90 Å². The molecular formula is C5H11N2O3Re. The van der Waals surface area contributed by atoms with Gasteiger partial charge in [0.1, 0.15) is 0 Å². The molecule has 0 fully saturated rings. The average Bonchev–Trinajstić information content (AvgIpc) is 1.58. The van der Waals surface area contributed by atoms with Gasteiger partial charge in [-0.05, 0) is 14.1 Å². The third-order valence-electron chi connectivity index (χ3n) is 0.387. The summed E-state index contributed by atoms with van der Waals surface area (Å²) >= 11 is -4.86. The van der Waals surface area contributed by atoms with Crippen molar-refractivity contribution in [3.63, 3.8) is 0 Å². The van der Waals surface area contributed by atoms with Crippen LogP contribution in [-0.2, 0) is 25.8 Å². The molecule has 0 N–H and O–H groups in total. The maximum atomic E-state index is 9.19. The summed E-state index contributed by atoms with van der Waals surface area (Å²) in [6.45, 7) is 0.514. The molecule has 0 aromatic carbocycles. The summed E-state index contributed by atoms with van der Waals surface area (Å²) in [6, 6.07) is 1.99. The molecule has 0 saturated carbocycles. The summed E-state index contributed by atoms with van der Waals surface area (Å²) < 4.78 is 27.6. The Balaban J connectivity index is 0. The van der Waals surface area contributed by atoms with Gasteiger partial charge in [-0.25, -0.2) is 0 Å². The Morgan fingerprint density at radius 1 is 1.36 bits per heavy atom. The molecule has 66 valence electrons. The zero-order valence-corrected chi connectivity index (χ0v) is 9.42. The predicted molar refractivity (Wildman–Crippen MR) is 32.1 cm³/mol. The van der Waals surface area contributed by atoms with Gasteiger partial charge in [0.05, 0.1) is 12.6 Å². The Bertz CT molecular complexity index is 252. The van der Waals surface area contributed by atoms with E-state index in [1.54, 1.807) is 0 Å². The van der Waals surface area contributed by atoms with Crippen LogP contribution in [0.3, 0.4) is 0 Å². The summed E-state index contributed by atoms with van der Waals surface area (Å²) in [7, 11) is 3.73. The van der Waals surface area contributed by atoms with Crippen LogP contribution in [0.5, 0.6) is 0 Å². The number of hydrogen-bond donors (Lipinski definition) is 0. The number of nitriles is 1. The van der Waals surface area contributed by atoms with Crippen molar-refractivity contribution in [3.05, 3.63) is 0 Å². The SMILES string of the molecule is CN(C)CC#N.[CH3][Re](=[O])(=[O])=[O]. The fourth-order valence-corrected chi connectivity index (χ4v) is 0.141. The van der Waals surface area contributed by atoms with Gasteiger partial charge in [0.25, 0.3) is 0 Å². The molecule has 0 aromatic rings. The van der Waals surface area contributed by atoms with Crippen LogP contribution in [0, 0.1) is 11.3 Å². The molecule has 0 aromatic heterocycles. The van der Waals surface area contributed by atoms with Crippen LogP contribution >= 0.6 is 0 Å². The number of rotatable bonds is 1. The van der Waals surface area contributed by atoms with E-state index in [0.717, 1.165) is 5.40 Å². The van der Waals surface area contributed by atoms with Crippen molar-refractivity contribution in [1.82, 2.24) is 4.90 Å². The summed E-state index contributed by atoms with van der Waals surface area (Å²) in [6.07, 6.45) is 0. The second-order valence-corrected chi connectivity index (χ2v) is 6.73. The molecule has 0 saturated heterocycles. The number of nitrogens with zero attached hydrogens (tertiary/aromatic N) is 2. The predicted octanol–water partition coefficient (Wildman–Crippen LogP) is 0.296. The van der Waals surface area contributed by atoms with E-state index in [-0.39, 0.29) is 0 Å². The van der Waals surface area contributed by atoms with Crippen LogP contribution in [0.1, 0.15) is 0 Å². The first-order valence-corrected chi connectivity index (χ1v) is 8.67. The van der Waals surface area contributed by atoms with Crippen LogP contribution in [0.25, 0.3) is 0 Å². The molecule has 5 nitrogen and oxygen atoms in total. The average molecular weight is 333 g/mol. The Kier molecular flexibility index (Phi) is 7.44. The molecule has 0 aliphatic heterocycles. The van der Waals surface area contributed by atoms with Crippen LogP contribution in [0.15, 0.2) is 0 Å². The van der Waals surface area contributed by atoms with Gasteiger partial charge in [-0.2, -0.15) is 5.26 Å². The van der Waals surface area contributed by atoms with E-state index < -0.39 is 15.4 Å². The molecule has 0 spiro atoms. The van der Waals surface area contributed by atoms with Gasteiger partial charge >= 0.3 is 31.2 Å². The van der Waals surface area contributed by atoms with Crippen molar-refractivity contribution in [2.24, 2.45) is 0 Å². The van der Waals surface area contributed by atoms with Crippen LogP contribution < -0.4 is 0 Å². The van der Waals surface area contributed by atoms with Gasteiger partial charge in [0.15, 0.2) is 0 Å². The fraction of sp³-hybridized carbons (Fsp3) is 0.800. The first kappa shape index (κ1) is 13.1. The minimum atomic E-state index is -4.86. The van der Waals surface area contributed by atoms with E-state index in [1.807, 2.05) is 25.1 Å². The Hall–Kier alpha value is -0.488. The first-order valence-electron chi connectivity index (χ1n) is 2.63. The molecule has 0 atom stereocenters. The van der Waals surface area contributed by atoms with E-state index in [2.05, 4.69) is 0 Å². The zero-order chi connectivity index (χ0) is 9.49. The van der Waals surface area contributed by atoms with E-state index in [1.165, 1.54) is 0 Å². The first-order chi connectivity index (χ1) is 4.77. The monoisotopic (exact) mass is 334 g/mol. The van der Waals surface area contributed by atoms with Gasteiger partial charge < -0.3 is 0 Å². The Morgan fingerprint density at radius 3 is 1.64 bits per heavy atom. The molecule has 0 heterocycles. The van der Waals surface area contributed by atoms with Crippen molar-refractivity contribution in [2.75, 3.05) is 20.6 Å². The number of hydrogen-bond acceptors (Lipinski definition) is 5.